The second-order valence-electron chi connectivity index (χ2n) is 5.92. The first-order chi connectivity index (χ1) is 9.56. The van der Waals surface area contributed by atoms with Crippen molar-refractivity contribution in [3.8, 4) is 0 Å². The number of halogens is 1. The highest BCUT2D eigenvalue weighted by molar-refractivity contribution is 7.71. The average Bonchev–Trinajstić information content (AvgIpc) is 2.97. The molecule has 1 aromatic heterocycles. The maximum absolute atomic E-state index is 6.34. The van der Waals surface area contributed by atoms with E-state index in [2.05, 4.69) is 28.3 Å². The summed E-state index contributed by atoms with van der Waals surface area (Å²) in [6.07, 6.45) is 1.23. The van der Waals surface area contributed by atoms with E-state index < -0.39 is 0 Å². The lowest BCUT2D eigenvalue weighted by molar-refractivity contribution is 0.261. The summed E-state index contributed by atoms with van der Waals surface area (Å²) < 4.78 is 2.94. The van der Waals surface area contributed by atoms with E-state index in [9.17, 15) is 0 Å². The first-order valence-corrected chi connectivity index (χ1v) is 7.96. The molecule has 2 aromatic rings. The highest BCUT2D eigenvalue weighted by atomic mass is 35.5. The molecule has 2 heterocycles. The largest absolute Gasteiger partial charge is 0.331 e. The van der Waals surface area contributed by atoms with E-state index in [1.807, 2.05) is 18.2 Å². The fraction of sp³-hybridized carbons (Fsp3) is 0.533. The number of benzene rings is 1. The first-order valence-electron chi connectivity index (χ1n) is 7.17. The van der Waals surface area contributed by atoms with Crippen molar-refractivity contribution in [2.24, 2.45) is 5.92 Å². The molecule has 1 aliphatic heterocycles. The smallest absolute Gasteiger partial charge is 0.178 e. The number of imidazole rings is 1. The molecule has 3 nitrogen and oxygen atoms in total. The van der Waals surface area contributed by atoms with Crippen LogP contribution in [-0.2, 0) is 6.54 Å². The van der Waals surface area contributed by atoms with E-state index >= 15 is 0 Å². The molecule has 20 heavy (non-hydrogen) atoms. The summed E-state index contributed by atoms with van der Waals surface area (Å²) in [6.45, 7) is 7.81. The summed E-state index contributed by atoms with van der Waals surface area (Å²) in [4.78, 5) is 5.79. The average molecular weight is 310 g/mol. The third-order valence-electron chi connectivity index (χ3n) is 4.23. The highest BCUT2D eigenvalue weighted by Gasteiger charge is 2.25. The second kappa shape index (κ2) is 5.51. The van der Waals surface area contributed by atoms with Gasteiger partial charge in [-0.2, -0.15) is 0 Å². The van der Waals surface area contributed by atoms with E-state index in [4.69, 9.17) is 23.8 Å². The van der Waals surface area contributed by atoms with Crippen LogP contribution in [0.1, 0.15) is 20.3 Å². The van der Waals surface area contributed by atoms with Gasteiger partial charge in [0.1, 0.15) is 0 Å². The molecule has 1 unspecified atom stereocenters. The van der Waals surface area contributed by atoms with Gasteiger partial charge in [0, 0.05) is 19.1 Å². The zero-order valence-electron chi connectivity index (χ0n) is 11.9. The Morgan fingerprint density at radius 1 is 1.45 bits per heavy atom. The van der Waals surface area contributed by atoms with Crippen molar-refractivity contribution in [2.45, 2.75) is 32.9 Å². The van der Waals surface area contributed by atoms with Crippen LogP contribution in [0, 0.1) is 10.7 Å². The Balaban J connectivity index is 1.89. The van der Waals surface area contributed by atoms with Gasteiger partial charge in [-0.15, -0.1) is 0 Å². The number of nitrogens with one attached hydrogen (secondary N) is 1. The quantitative estimate of drug-likeness (QED) is 0.864. The molecule has 0 saturated carbocycles. The first kappa shape index (κ1) is 14.1. The number of hydrogen-bond donors (Lipinski definition) is 1. The van der Waals surface area contributed by atoms with Gasteiger partial charge in [0.15, 0.2) is 4.77 Å². The summed E-state index contributed by atoms with van der Waals surface area (Å²) in [5.41, 5.74) is 2.07. The van der Waals surface area contributed by atoms with Crippen molar-refractivity contribution < 1.29 is 0 Å². The Kier molecular flexibility index (Phi) is 3.89. The van der Waals surface area contributed by atoms with Crippen LogP contribution in [0.2, 0.25) is 5.02 Å². The Morgan fingerprint density at radius 2 is 2.25 bits per heavy atom. The number of aromatic nitrogens is 2. The second-order valence-corrected chi connectivity index (χ2v) is 6.71. The number of fused-ring (bicyclic) bond motifs is 1. The van der Waals surface area contributed by atoms with Gasteiger partial charge in [0.05, 0.1) is 16.1 Å². The molecule has 1 saturated heterocycles. The molecule has 1 atom stereocenters. The van der Waals surface area contributed by atoms with Gasteiger partial charge in [-0.3, -0.25) is 0 Å². The molecule has 0 amide bonds. The van der Waals surface area contributed by atoms with Crippen molar-refractivity contribution in [2.75, 3.05) is 13.1 Å². The Morgan fingerprint density at radius 3 is 2.95 bits per heavy atom. The minimum absolute atomic E-state index is 0.625. The molecule has 108 valence electrons. The zero-order valence-corrected chi connectivity index (χ0v) is 13.5. The van der Waals surface area contributed by atoms with E-state index in [-0.39, 0.29) is 0 Å². The number of H-pyrrole nitrogens is 1. The van der Waals surface area contributed by atoms with Crippen LogP contribution in [-0.4, -0.2) is 33.6 Å². The standard InChI is InChI=1S/C15H20ClN3S/c1-10(2)18-7-6-11(8-18)9-19-14-12(16)4-3-5-13(14)17-15(19)20/h3-5,10-11H,6-9H2,1-2H3,(H,17,20). The van der Waals surface area contributed by atoms with E-state index in [1.54, 1.807) is 0 Å². The van der Waals surface area contributed by atoms with Crippen LogP contribution >= 0.6 is 23.8 Å². The van der Waals surface area contributed by atoms with Gasteiger partial charge in [0.2, 0.25) is 0 Å². The molecular weight excluding hydrogens is 290 g/mol. The molecule has 0 bridgehead atoms. The third-order valence-corrected chi connectivity index (χ3v) is 4.86. The predicted molar refractivity (Wildman–Crippen MR) is 86.9 cm³/mol. The molecule has 3 rings (SSSR count). The zero-order chi connectivity index (χ0) is 14.3. The fourth-order valence-electron chi connectivity index (χ4n) is 3.09. The van der Waals surface area contributed by atoms with Crippen LogP contribution in [0.25, 0.3) is 11.0 Å². The number of likely N-dealkylation sites (tertiary alicyclic amines) is 1. The molecule has 0 radical (unpaired) electrons. The Labute approximate surface area is 129 Å². The van der Waals surface area contributed by atoms with Crippen molar-refractivity contribution in [3.05, 3.63) is 28.0 Å². The number of rotatable bonds is 3. The Hall–Kier alpha value is -0.840. The Bertz CT molecular complexity index is 673. The summed E-state index contributed by atoms with van der Waals surface area (Å²) in [6, 6.07) is 6.54. The van der Waals surface area contributed by atoms with Gasteiger partial charge >= 0.3 is 0 Å². The lowest BCUT2D eigenvalue weighted by Gasteiger charge is -2.20. The van der Waals surface area contributed by atoms with E-state index in [0.717, 1.165) is 33.9 Å². The third kappa shape index (κ3) is 2.52. The summed E-state index contributed by atoms with van der Waals surface area (Å²) in [7, 11) is 0. The van der Waals surface area contributed by atoms with Gasteiger partial charge < -0.3 is 14.5 Å². The van der Waals surface area contributed by atoms with Gasteiger partial charge in [-0.25, -0.2) is 0 Å². The molecule has 5 heteroatoms. The number of hydrogen-bond acceptors (Lipinski definition) is 2. The maximum atomic E-state index is 6.34. The minimum atomic E-state index is 0.625. The van der Waals surface area contributed by atoms with Crippen molar-refractivity contribution in [1.29, 1.82) is 0 Å². The maximum Gasteiger partial charge on any atom is 0.178 e. The highest BCUT2D eigenvalue weighted by Crippen LogP contribution is 2.26. The lowest BCUT2D eigenvalue weighted by Crippen LogP contribution is -2.28. The summed E-state index contributed by atoms with van der Waals surface area (Å²) in [5.74, 6) is 0.652. The predicted octanol–water partition coefficient (Wildman–Crippen LogP) is 4.08. The SMILES string of the molecule is CC(C)N1CCC(Cn2c(=S)[nH]c3cccc(Cl)c32)C1. The van der Waals surface area contributed by atoms with Gasteiger partial charge in [-0.05, 0) is 57.1 Å². The van der Waals surface area contributed by atoms with Crippen molar-refractivity contribution in [1.82, 2.24) is 14.5 Å². The minimum Gasteiger partial charge on any atom is -0.331 e. The van der Waals surface area contributed by atoms with E-state index in [1.165, 1.54) is 13.0 Å². The molecule has 1 N–H and O–H groups in total. The van der Waals surface area contributed by atoms with Crippen molar-refractivity contribution >= 4 is 34.9 Å². The van der Waals surface area contributed by atoms with E-state index in [0.29, 0.717) is 12.0 Å². The molecule has 0 aliphatic carbocycles. The lowest BCUT2D eigenvalue weighted by atomic mass is 10.1. The fourth-order valence-corrected chi connectivity index (χ4v) is 3.64. The van der Waals surface area contributed by atoms with Crippen LogP contribution in [0.3, 0.4) is 0 Å². The molecule has 0 spiro atoms. The molecule has 1 aliphatic rings. The molecular formula is C15H20ClN3S. The van der Waals surface area contributed by atoms with Crippen LogP contribution in [0.15, 0.2) is 18.2 Å². The number of para-hydroxylation sites is 1. The molecule has 1 aromatic carbocycles. The topological polar surface area (TPSA) is 24.0 Å². The monoisotopic (exact) mass is 309 g/mol. The van der Waals surface area contributed by atoms with Gasteiger partial charge in [0.25, 0.3) is 0 Å². The van der Waals surface area contributed by atoms with Crippen molar-refractivity contribution in [3.63, 3.8) is 0 Å². The van der Waals surface area contributed by atoms with Crippen LogP contribution in [0.4, 0.5) is 0 Å². The van der Waals surface area contributed by atoms with Crippen LogP contribution < -0.4 is 0 Å². The molecule has 1 fully saturated rings. The summed E-state index contributed by atoms with van der Waals surface area (Å²) >= 11 is 11.8. The van der Waals surface area contributed by atoms with Crippen LogP contribution in [0.5, 0.6) is 0 Å². The normalized spacial score (nSPS) is 20.3. The summed E-state index contributed by atoms with van der Waals surface area (Å²) in [5, 5.41) is 0.772. The van der Waals surface area contributed by atoms with Gasteiger partial charge in [-0.1, -0.05) is 17.7 Å². The number of nitrogens with zero attached hydrogens (tertiary/aromatic N) is 2. The number of aromatic amines is 1.